The number of hydrogen-bond donors (Lipinski definition) is 3. The normalized spacial score (nSPS) is 19.9. The monoisotopic (exact) mass is 852 g/mol. The number of amides is 1. The first-order chi connectivity index (χ1) is 29.9. The molecule has 0 aliphatic carbocycles. The Labute approximate surface area is 368 Å². The average molecular weight is 852 g/mol. The van der Waals surface area contributed by atoms with E-state index in [-0.39, 0.29) is 31.5 Å². The fraction of sp³-hybridized carbons (Fsp3) is 0.686. The minimum absolute atomic E-state index is 0.0370. The van der Waals surface area contributed by atoms with Crippen molar-refractivity contribution in [2.24, 2.45) is 0 Å². The van der Waals surface area contributed by atoms with Gasteiger partial charge in [0.2, 0.25) is 5.91 Å². The average Bonchev–Trinajstić information content (AvgIpc) is 3.27. The summed E-state index contributed by atoms with van der Waals surface area (Å²) in [4.78, 5) is 27.8. The summed E-state index contributed by atoms with van der Waals surface area (Å²) < 4.78 is 30.6. The molecule has 3 rings (SSSR count). The second-order valence-electron chi connectivity index (χ2n) is 16.9. The van der Waals surface area contributed by atoms with E-state index >= 15 is 0 Å². The lowest BCUT2D eigenvalue weighted by Gasteiger charge is -2.43. The van der Waals surface area contributed by atoms with E-state index in [1.165, 1.54) is 77.0 Å². The van der Waals surface area contributed by atoms with E-state index < -0.39 is 49.3 Å². The first-order valence-electron chi connectivity index (χ1n) is 23.8. The van der Waals surface area contributed by atoms with E-state index in [1.807, 2.05) is 60.7 Å². The van der Waals surface area contributed by atoms with Crippen molar-refractivity contribution in [3.63, 3.8) is 0 Å². The van der Waals surface area contributed by atoms with Crippen molar-refractivity contribution in [1.29, 1.82) is 0 Å². The third-order valence-corrected chi connectivity index (χ3v) is 11.6. The zero-order valence-electron chi connectivity index (χ0n) is 37.7. The molecule has 3 N–H and O–H groups in total. The molecule has 0 aromatic heterocycles. The van der Waals surface area contributed by atoms with E-state index in [0.717, 1.165) is 49.7 Å². The molecule has 0 saturated carbocycles. The van der Waals surface area contributed by atoms with Gasteiger partial charge in [0, 0.05) is 0 Å². The Bertz CT molecular complexity index is 1390. The second-order valence-corrected chi connectivity index (χ2v) is 16.9. The van der Waals surface area contributed by atoms with Crippen LogP contribution in [0.25, 0.3) is 0 Å². The highest BCUT2D eigenvalue weighted by atomic mass is 16.7. The second kappa shape index (κ2) is 33.4. The summed E-state index contributed by atoms with van der Waals surface area (Å²) in [7, 11) is 0. The van der Waals surface area contributed by atoms with Gasteiger partial charge in [-0.15, -0.1) is 6.58 Å². The molecule has 10 heteroatoms. The Morgan fingerprint density at radius 1 is 0.705 bits per heavy atom. The topological polar surface area (TPSA) is 133 Å². The number of unbranched alkanes of at least 4 members (excludes halogenated alkanes) is 16. The number of carbonyl (C=O) groups excluding carboxylic acids is 2. The summed E-state index contributed by atoms with van der Waals surface area (Å²) in [5.41, 5.74) is 2.03. The summed E-state index contributed by atoms with van der Waals surface area (Å²) in [5.74, 6) is -0.923. The number of carbonyl (C=O) groups is 2. The van der Waals surface area contributed by atoms with E-state index in [4.69, 9.17) is 23.7 Å². The van der Waals surface area contributed by atoms with Crippen LogP contribution in [-0.2, 0) is 46.5 Å². The van der Waals surface area contributed by atoms with Gasteiger partial charge in [0.05, 0.1) is 51.5 Å². The van der Waals surface area contributed by atoms with Gasteiger partial charge in [-0.3, -0.25) is 9.59 Å². The first kappa shape index (κ1) is 52.2. The quantitative estimate of drug-likeness (QED) is 0.0348. The van der Waals surface area contributed by atoms with Crippen LogP contribution in [0.5, 0.6) is 0 Å². The summed E-state index contributed by atoms with van der Waals surface area (Å²) in [5, 5.41) is 24.7. The van der Waals surface area contributed by atoms with E-state index in [9.17, 15) is 19.8 Å². The maximum absolute atomic E-state index is 13.9. The summed E-state index contributed by atoms with van der Waals surface area (Å²) >= 11 is 0. The van der Waals surface area contributed by atoms with Crippen molar-refractivity contribution in [2.45, 2.75) is 211 Å². The Balaban J connectivity index is 1.69. The fourth-order valence-corrected chi connectivity index (χ4v) is 7.93. The minimum Gasteiger partial charge on any atom is -0.457 e. The third-order valence-electron chi connectivity index (χ3n) is 11.6. The molecule has 1 amide bonds. The Kier molecular flexibility index (Phi) is 28.6. The molecule has 2 aromatic rings. The molecule has 2 aromatic carbocycles. The van der Waals surface area contributed by atoms with E-state index in [2.05, 4.69) is 25.7 Å². The number of aliphatic hydroxyl groups excluding tert-OH is 2. The van der Waals surface area contributed by atoms with Crippen LogP contribution in [0, 0.1) is 0 Å². The van der Waals surface area contributed by atoms with E-state index in [1.54, 1.807) is 6.08 Å². The van der Waals surface area contributed by atoms with Gasteiger partial charge in [0.25, 0.3) is 0 Å². The van der Waals surface area contributed by atoms with Crippen LogP contribution in [0.2, 0.25) is 0 Å². The number of aliphatic hydroxyl groups is 2. The highest BCUT2D eigenvalue weighted by Crippen LogP contribution is 2.27. The Morgan fingerprint density at radius 3 is 1.62 bits per heavy atom. The number of hydrogen-bond acceptors (Lipinski definition) is 9. The molecule has 344 valence electrons. The number of ether oxygens (including phenoxy) is 5. The van der Waals surface area contributed by atoms with Crippen molar-refractivity contribution >= 4 is 11.9 Å². The fourth-order valence-electron chi connectivity index (χ4n) is 7.93. The van der Waals surface area contributed by atoms with Crippen molar-refractivity contribution in [1.82, 2.24) is 5.32 Å². The van der Waals surface area contributed by atoms with Gasteiger partial charge >= 0.3 is 5.97 Å². The van der Waals surface area contributed by atoms with Gasteiger partial charge in [-0.05, 0) is 24.0 Å². The predicted molar refractivity (Wildman–Crippen MR) is 243 cm³/mol. The number of nitrogens with one attached hydrogen (secondary N) is 1. The molecule has 1 saturated heterocycles. The molecule has 0 bridgehead atoms. The predicted octanol–water partition coefficient (Wildman–Crippen LogP) is 10.5. The molecule has 7 atom stereocenters. The molecule has 0 unspecified atom stereocenters. The standard InChI is InChI=1S/C51H81NO9/c1-4-7-9-11-13-15-17-19-27-33-43(58-39-41-29-23-21-24-30-41)36-46(54)52-48-50(49(56)45(38-53)60-51(48)57-35-6-3)61-47(55)37-44(59-40-42-31-25-22-26-32-42)34-28-20-18-16-14-12-10-8-5-2/h6,21-26,29-32,43-45,48-51,53,56H,3-5,7-20,27-28,33-40H2,1-2H3,(H,52,54)/t43-,44-,45-,48+,49-,50-,51+/m1/s1. The maximum atomic E-state index is 13.9. The largest absolute Gasteiger partial charge is 0.457 e. The highest BCUT2D eigenvalue weighted by Gasteiger charge is 2.48. The molecule has 1 aliphatic heterocycles. The molecular weight excluding hydrogens is 771 g/mol. The van der Waals surface area contributed by atoms with Crippen molar-refractivity contribution < 1.29 is 43.5 Å². The number of benzene rings is 2. The molecule has 10 nitrogen and oxygen atoms in total. The van der Waals surface area contributed by atoms with Crippen LogP contribution in [-0.4, -0.2) is 78.2 Å². The summed E-state index contributed by atoms with van der Waals surface area (Å²) in [6.45, 7) is 8.46. The van der Waals surface area contributed by atoms with Gasteiger partial charge < -0.3 is 39.2 Å². The van der Waals surface area contributed by atoms with Crippen LogP contribution in [0.1, 0.15) is 166 Å². The van der Waals surface area contributed by atoms with E-state index in [0.29, 0.717) is 26.1 Å². The number of esters is 1. The van der Waals surface area contributed by atoms with Gasteiger partial charge in [-0.25, -0.2) is 0 Å². The van der Waals surface area contributed by atoms with Gasteiger partial charge in [-0.2, -0.15) is 0 Å². The van der Waals surface area contributed by atoms with Crippen molar-refractivity contribution in [3.8, 4) is 0 Å². The maximum Gasteiger partial charge on any atom is 0.308 e. The number of rotatable bonds is 36. The zero-order chi connectivity index (χ0) is 43.8. The Hall–Kier alpha value is -3.12. The molecule has 0 spiro atoms. The molecule has 1 fully saturated rings. The summed E-state index contributed by atoms with van der Waals surface area (Å²) in [6.07, 6.45) is 18.7. The van der Waals surface area contributed by atoms with Crippen molar-refractivity contribution in [3.05, 3.63) is 84.4 Å². The summed E-state index contributed by atoms with van der Waals surface area (Å²) in [6, 6.07) is 18.7. The van der Waals surface area contributed by atoms with Gasteiger partial charge in [0.1, 0.15) is 18.2 Å². The van der Waals surface area contributed by atoms with Crippen LogP contribution in [0.15, 0.2) is 73.3 Å². The zero-order valence-corrected chi connectivity index (χ0v) is 37.7. The molecular formula is C51H81NO9. The first-order valence-corrected chi connectivity index (χ1v) is 23.8. The van der Waals surface area contributed by atoms with Crippen LogP contribution in [0.3, 0.4) is 0 Å². The lowest BCUT2D eigenvalue weighted by molar-refractivity contribution is -0.271. The van der Waals surface area contributed by atoms with Crippen LogP contribution in [0.4, 0.5) is 0 Å². The van der Waals surface area contributed by atoms with Crippen LogP contribution < -0.4 is 5.32 Å². The molecule has 0 radical (unpaired) electrons. The molecule has 1 heterocycles. The lowest BCUT2D eigenvalue weighted by Crippen LogP contribution is -2.66. The molecule has 61 heavy (non-hydrogen) atoms. The van der Waals surface area contributed by atoms with Gasteiger partial charge in [-0.1, -0.05) is 196 Å². The van der Waals surface area contributed by atoms with Crippen LogP contribution >= 0.6 is 0 Å². The van der Waals surface area contributed by atoms with Crippen molar-refractivity contribution in [2.75, 3.05) is 13.2 Å². The lowest BCUT2D eigenvalue weighted by atomic mass is 9.96. The molecule has 1 aliphatic rings. The SMILES string of the molecule is C=CCO[C@H]1O[C@H](CO)[C@@H](O)[C@H](OC(=O)C[C@@H](CCCCCCCCCCC)OCc2ccccc2)[C@@H]1NC(=O)C[C@@H](CCCCCCCCCCC)OCc1ccccc1. The smallest absolute Gasteiger partial charge is 0.308 e. The minimum atomic E-state index is -1.43. The Morgan fingerprint density at radius 2 is 1.16 bits per heavy atom. The third kappa shape index (κ3) is 22.7. The van der Waals surface area contributed by atoms with Gasteiger partial charge in [0.15, 0.2) is 12.4 Å². The highest BCUT2D eigenvalue weighted by molar-refractivity contribution is 5.77.